The number of benzene rings is 3. The van der Waals surface area contributed by atoms with Gasteiger partial charge in [-0.15, -0.1) is 5.11 Å². The van der Waals surface area contributed by atoms with Gasteiger partial charge < -0.3 is 5.11 Å². The summed E-state index contributed by atoms with van der Waals surface area (Å²) in [5.74, 6) is 0.181. The van der Waals surface area contributed by atoms with Crippen LogP contribution in [0.1, 0.15) is 53.5 Å². The van der Waals surface area contributed by atoms with Crippen LogP contribution in [0.25, 0.3) is 10.8 Å². The Morgan fingerprint density at radius 2 is 1.30 bits per heavy atom. The minimum absolute atomic E-state index is 0.181. The van der Waals surface area contributed by atoms with E-state index in [1.807, 2.05) is 95.3 Å². The summed E-state index contributed by atoms with van der Waals surface area (Å²) in [6.45, 7) is 14.2. The highest BCUT2D eigenvalue weighted by molar-refractivity contribution is 5.93. The first kappa shape index (κ1) is 24.3. The molecule has 0 atom stereocenters. The van der Waals surface area contributed by atoms with E-state index in [9.17, 15) is 5.11 Å². The van der Waals surface area contributed by atoms with Gasteiger partial charge in [-0.2, -0.15) is 5.11 Å². The molecule has 0 bridgehead atoms. The predicted molar refractivity (Wildman–Crippen MR) is 120 cm³/mol. The molecule has 0 aliphatic carbocycles. The molecule has 3 aromatic rings. The minimum atomic E-state index is 0.181. The lowest BCUT2D eigenvalue weighted by Crippen LogP contribution is -1.80. The van der Waals surface area contributed by atoms with Crippen LogP contribution in [-0.4, -0.2) is 5.11 Å². The number of nitrogens with zero attached hydrogens (tertiary/aromatic N) is 2. The molecule has 1 N–H and O–H groups in total. The average Bonchev–Trinajstić information content (AvgIpc) is 2.72. The molecule has 0 heterocycles. The van der Waals surface area contributed by atoms with Gasteiger partial charge in [-0.1, -0.05) is 90.4 Å². The number of azo groups is 1. The summed E-state index contributed by atoms with van der Waals surface area (Å²) in [6.07, 6.45) is 1.25. The van der Waals surface area contributed by atoms with Crippen molar-refractivity contribution in [3.05, 3.63) is 66.2 Å². The smallest absolute Gasteiger partial charge is 0.151 e. The summed E-state index contributed by atoms with van der Waals surface area (Å²) in [5.41, 5.74) is 2.19. The van der Waals surface area contributed by atoms with Gasteiger partial charge >= 0.3 is 0 Å². The Bertz CT molecular complexity index is 796. The van der Waals surface area contributed by atoms with Crippen LogP contribution in [-0.2, 0) is 0 Å². The Kier molecular flexibility index (Phi) is 13.0. The molecule has 0 aliphatic rings. The largest absolute Gasteiger partial charge is 0.505 e. The molecule has 3 aromatic carbocycles. The maximum absolute atomic E-state index is 10.4. The number of phenols is 1. The molecule has 27 heavy (non-hydrogen) atoms. The second kappa shape index (κ2) is 14.5. The molecule has 0 saturated heterocycles. The van der Waals surface area contributed by atoms with E-state index in [1.54, 1.807) is 0 Å². The Labute approximate surface area is 164 Å². The zero-order valence-corrected chi connectivity index (χ0v) is 17.8. The van der Waals surface area contributed by atoms with Gasteiger partial charge in [-0.3, -0.25) is 0 Å². The fraction of sp³-hybridized carbons (Fsp3) is 0.333. The zero-order chi connectivity index (χ0) is 20.7. The number of aryl methyl sites for hydroxylation is 1. The van der Waals surface area contributed by atoms with Crippen molar-refractivity contribution in [3.8, 4) is 5.75 Å². The van der Waals surface area contributed by atoms with E-state index in [1.165, 1.54) is 6.42 Å². The molecular formula is C24H34N2O. The highest BCUT2D eigenvalue weighted by Crippen LogP contribution is 2.38. The molecule has 146 valence electrons. The third-order valence-corrected chi connectivity index (χ3v) is 3.21. The first-order chi connectivity index (χ1) is 13.2. The number of hydrogen-bond donors (Lipinski definition) is 1. The van der Waals surface area contributed by atoms with Gasteiger partial charge in [-0.05, 0) is 36.1 Å². The molecular weight excluding hydrogens is 332 g/mol. The summed E-state index contributed by atoms with van der Waals surface area (Å²) in [7, 11) is 0. The van der Waals surface area contributed by atoms with Crippen LogP contribution in [0.4, 0.5) is 11.4 Å². The van der Waals surface area contributed by atoms with E-state index in [2.05, 4.69) is 24.1 Å². The van der Waals surface area contributed by atoms with Crippen molar-refractivity contribution in [2.45, 2.75) is 54.9 Å². The van der Waals surface area contributed by atoms with Crippen molar-refractivity contribution >= 4 is 22.1 Å². The maximum atomic E-state index is 10.4. The van der Waals surface area contributed by atoms with Crippen LogP contribution in [0.3, 0.4) is 0 Å². The van der Waals surface area contributed by atoms with E-state index in [0.717, 1.165) is 22.0 Å². The number of aromatic hydroxyl groups is 1. The van der Waals surface area contributed by atoms with E-state index in [4.69, 9.17) is 0 Å². The molecule has 0 aliphatic heterocycles. The van der Waals surface area contributed by atoms with Crippen LogP contribution in [0, 0.1) is 6.92 Å². The van der Waals surface area contributed by atoms with Gasteiger partial charge in [0.05, 0.1) is 5.69 Å². The number of rotatable bonds is 2. The van der Waals surface area contributed by atoms with Crippen LogP contribution < -0.4 is 0 Å². The first-order valence-electron chi connectivity index (χ1n) is 9.85. The Balaban J connectivity index is 0.000000860. The highest BCUT2D eigenvalue weighted by Gasteiger charge is 2.09. The molecule has 0 unspecified atom stereocenters. The molecule has 0 radical (unpaired) electrons. The van der Waals surface area contributed by atoms with Gasteiger partial charge in [0, 0.05) is 5.39 Å². The fourth-order valence-electron chi connectivity index (χ4n) is 2.18. The minimum Gasteiger partial charge on any atom is -0.505 e. The monoisotopic (exact) mass is 366 g/mol. The van der Waals surface area contributed by atoms with Crippen molar-refractivity contribution in [3.63, 3.8) is 0 Å². The summed E-state index contributed by atoms with van der Waals surface area (Å²) >= 11 is 0. The zero-order valence-electron chi connectivity index (χ0n) is 17.8. The van der Waals surface area contributed by atoms with Crippen LogP contribution >= 0.6 is 0 Å². The third kappa shape index (κ3) is 7.61. The van der Waals surface area contributed by atoms with Gasteiger partial charge in [0.25, 0.3) is 0 Å². The van der Waals surface area contributed by atoms with Gasteiger partial charge in [-0.25, -0.2) is 0 Å². The lowest BCUT2D eigenvalue weighted by molar-refractivity contribution is 0.482. The average molecular weight is 367 g/mol. The number of hydrogen-bond acceptors (Lipinski definition) is 3. The standard InChI is InChI=1S/C17H14N2O.C3H8.2C2H6/c1-12-11-13-7-5-6-10-15(13)17(20)16(12)19-18-14-8-3-2-4-9-14;1-3-2;2*1-2/h2-11,20H,1H3;3H2,1-2H3;2*1-2H3. The van der Waals surface area contributed by atoms with E-state index < -0.39 is 0 Å². The molecule has 0 aromatic heterocycles. The number of phenolic OH excluding ortho intramolecular Hbond substituents is 1. The fourth-order valence-corrected chi connectivity index (χ4v) is 2.18. The van der Waals surface area contributed by atoms with Crippen LogP contribution in [0.5, 0.6) is 5.75 Å². The second-order valence-corrected chi connectivity index (χ2v) is 5.35. The van der Waals surface area contributed by atoms with Crippen molar-refractivity contribution in [2.75, 3.05) is 0 Å². The van der Waals surface area contributed by atoms with Crippen molar-refractivity contribution < 1.29 is 5.11 Å². The topological polar surface area (TPSA) is 45.0 Å². The lowest BCUT2D eigenvalue weighted by Gasteiger charge is -2.07. The quantitative estimate of drug-likeness (QED) is 0.453. The Morgan fingerprint density at radius 3 is 1.89 bits per heavy atom. The van der Waals surface area contributed by atoms with Gasteiger partial charge in [0.1, 0.15) is 5.69 Å². The van der Waals surface area contributed by atoms with Gasteiger partial charge in [0.2, 0.25) is 0 Å². The normalized spacial score (nSPS) is 9.44. The molecule has 0 saturated carbocycles. The summed E-state index contributed by atoms with van der Waals surface area (Å²) in [6, 6.07) is 19.2. The highest BCUT2D eigenvalue weighted by atomic mass is 16.3. The van der Waals surface area contributed by atoms with Crippen molar-refractivity contribution in [2.24, 2.45) is 10.2 Å². The Morgan fingerprint density at radius 1 is 0.778 bits per heavy atom. The SMILES string of the molecule is CC.CC.CCC.Cc1cc2ccccc2c(O)c1N=Nc1ccccc1. The molecule has 0 amide bonds. The van der Waals surface area contributed by atoms with E-state index in [0.29, 0.717) is 5.69 Å². The molecule has 3 nitrogen and oxygen atoms in total. The van der Waals surface area contributed by atoms with Crippen LogP contribution in [0.15, 0.2) is 70.9 Å². The molecule has 0 spiro atoms. The summed E-state index contributed by atoms with van der Waals surface area (Å²) in [5, 5.41) is 20.5. The van der Waals surface area contributed by atoms with Gasteiger partial charge in [0.15, 0.2) is 5.75 Å². The second-order valence-electron chi connectivity index (χ2n) is 5.35. The third-order valence-electron chi connectivity index (χ3n) is 3.21. The summed E-state index contributed by atoms with van der Waals surface area (Å²) in [4.78, 5) is 0. The first-order valence-corrected chi connectivity index (χ1v) is 9.85. The predicted octanol–water partition coefficient (Wildman–Crippen LogP) is 8.74. The van der Waals surface area contributed by atoms with Crippen LogP contribution in [0.2, 0.25) is 0 Å². The maximum Gasteiger partial charge on any atom is 0.151 e. The summed E-state index contributed by atoms with van der Waals surface area (Å²) < 4.78 is 0. The van der Waals surface area contributed by atoms with Crippen molar-refractivity contribution in [1.82, 2.24) is 0 Å². The number of fused-ring (bicyclic) bond motifs is 1. The molecule has 3 heteroatoms. The van der Waals surface area contributed by atoms with E-state index in [-0.39, 0.29) is 5.75 Å². The molecule has 3 rings (SSSR count). The molecule has 0 fully saturated rings. The Hall–Kier alpha value is -2.68. The lowest BCUT2D eigenvalue weighted by atomic mass is 10.0. The van der Waals surface area contributed by atoms with Crippen molar-refractivity contribution in [1.29, 1.82) is 0 Å². The van der Waals surface area contributed by atoms with E-state index >= 15 is 0 Å².